The fourth-order valence-corrected chi connectivity index (χ4v) is 3.09. The second-order valence-corrected chi connectivity index (χ2v) is 6.37. The third kappa shape index (κ3) is 3.86. The van der Waals surface area contributed by atoms with E-state index in [0.717, 1.165) is 26.1 Å². The van der Waals surface area contributed by atoms with Gasteiger partial charge in [-0.15, -0.1) is 0 Å². The molecule has 0 spiro atoms. The molecule has 0 radical (unpaired) electrons. The molecule has 2 N–H and O–H groups in total. The Kier molecular flexibility index (Phi) is 5.70. The zero-order valence-electron chi connectivity index (χ0n) is 11.6. The van der Waals surface area contributed by atoms with E-state index in [0.29, 0.717) is 22.0 Å². The standard InChI is InChI=1S/C15H21Cl2NO2/c1-10-9-18(7-5-13(10)19)8-6-14(20)11-3-2-4-12(16)15(11)17/h2-4,10,13-14,19-20H,5-9H2,1H3. The van der Waals surface area contributed by atoms with Crippen molar-refractivity contribution in [2.24, 2.45) is 5.92 Å². The minimum Gasteiger partial charge on any atom is -0.393 e. The molecule has 3 nitrogen and oxygen atoms in total. The molecule has 0 aromatic heterocycles. The highest BCUT2D eigenvalue weighted by molar-refractivity contribution is 6.42. The topological polar surface area (TPSA) is 43.7 Å². The molecule has 1 aromatic carbocycles. The van der Waals surface area contributed by atoms with Crippen molar-refractivity contribution in [3.63, 3.8) is 0 Å². The Morgan fingerprint density at radius 3 is 2.85 bits per heavy atom. The van der Waals surface area contributed by atoms with Crippen LogP contribution in [0.25, 0.3) is 0 Å². The normalized spacial score (nSPS) is 25.6. The SMILES string of the molecule is CC1CN(CCC(O)c2cccc(Cl)c2Cl)CCC1O. The number of benzene rings is 1. The van der Waals surface area contributed by atoms with Crippen LogP contribution in [0.15, 0.2) is 18.2 Å². The number of rotatable bonds is 4. The van der Waals surface area contributed by atoms with Crippen LogP contribution in [0.5, 0.6) is 0 Å². The minimum absolute atomic E-state index is 0.196. The Balaban J connectivity index is 1.89. The van der Waals surface area contributed by atoms with Gasteiger partial charge in [0.05, 0.1) is 22.3 Å². The monoisotopic (exact) mass is 317 g/mol. The predicted octanol–water partition coefficient (Wildman–Crippen LogP) is 3.12. The first-order chi connectivity index (χ1) is 9.49. The van der Waals surface area contributed by atoms with Gasteiger partial charge < -0.3 is 15.1 Å². The summed E-state index contributed by atoms with van der Waals surface area (Å²) in [6.45, 7) is 4.60. The van der Waals surface area contributed by atoms with Gasteiger partial charge in [0.2, 0.25) is 0 Å². The summed E-state index contributed by atoms with van der Waals surface area (Å²) < 4.78 is 0. The van der Waals surface area contributed by atoms with Crippen LogP contribution in [0.3, 0.4) is 0 Å². The fourth-order valence-electron chi connectivity index (χ4n) is 2.66. The maximum atomic E-state index is 10.3. The van der Waals surface area contributed by atoms with Gasteiger partial charge in [0.25, 0.3) is 0 Å². The van der Waals surface area contributed by atoms with Crippen LogP contribution in [-0.4, -0.2) is 40.9 Å². The summed E-state index contributed by atoms with van der Waals surface area (Å²) in [5.41, 5.74) is 0.684. The highest BCUT2D eigenvalue weighted by Crippen LogP contribution is 2.31. The van der Waals surface area contributed by atoms with Gasteiger partial charge in [-0.25, -0.2) is 0 Å². The van der Waals surface area contributed by atoms with Gasteiger partial charge in [0.1, 0.15) is 0 Å². The van der Waals surface area contributed by atoms with Crippen molar-refractivity contribution >= 4 is 23.2 Å². The third-order valence-corrected chi connectivity index (χ3v) is 4.84. The van der Waals surface area contributed by atoms with E-state index in [4.69, 9.17) is 23.2 Å². The summed E-state index contributed by atoms with van der Waals surface area (Å²) in [5.74, 6) is 0.288. The molecule has 1 aromatic rings. The lowest BCUT2D eigenvalue weighted by molar-refractivity contribution is 0.0288. The Morgan fingerprint density at radius 1 is 1.40 bits per heavy atom. The average molecular weight is 318 g/mol. The van der Waals surface area contributed by atoms with Gasteiger partial charge in [-0.2, -0.15) is 0 Å². The molecule has 0 amide bonds. The van der Waals surface area contributed by atoms with E-state index in [1.165, 1.54) is 0 Å². The van der Waals surface area contributed by atoms with Crippen LogP contribution >= 0.6 is 23.2 Å². The number of aliphatic hydroxyl groups is 2. The molecule has 3 atom stereocenters. The molecule has 112 valence electrons. The molecular weight excluding hydrogens is 297 g/mol. The molecule has 0 aliphatic carbocycles. The van der Waals surface area contributed by atoms with E-state index in [9.17, 15) is 10.2 Å². The summed E-state index contributed by atoms with van der Waals surface area (Å²) in [5, 5.41) is 20.9. The second kappa shape index (κ2) is 7.10. The predicted molar refractivity (Wildman–Crippen MR) is 82.3 cm³/mol. The first-order valence-electron chi connectivity index (χ1n) is 7.01. The maximum Gasteiger partial charge on any atom is 0.0817 e. The van der Waals surface area contributed by atoms with Crippen LogP contribution in [0.2, 0.25) is 10.0 Å². The lowest BCUT2D eigenvalue weighted by atomic mass is 9.96. The Hall–Kier alpha value is -0.320. The van der Waals surface area contributed by atoms with Crippen LogP contribution < -0.4 is 0 Å². The Morgan fingerprint density at radius 2 is 2.15 bits per heavy atom. The first kappa shape index (κ1) is 16.1. The zero-order chi connectivity index (χ0) is 14.7. The number of nitrogens with zero attached hydrogens (tertiary/aromatic N) is 1. The number of hydrogen-bond acceptors (Lipinski definition) is 3. The van der Waals surface area contributed by atoms with Crippen molar-refractivity contribution in [1.82, 2.24) is 4.90 Å². The van der Waals surface area contributed by atoms with E-state index in [-0.39, 0.29) is 12.0 Å². The van der Waals surface area contributed by atoms with E-state index in [1.54, 1.807) is 12.1 Å². The lowest BCUT2D eigenvalue weighted by Gasteiger charge is -2.34. The van der Waals surface area contributed by atoms with Crippen molar-refractivity contribution in [2.75, 3.05) is 19.6 Å². The van der Waals surface area contributed by atoms with Crippen LogP contribution in [0.4, 0.5) is 0 Å². The Labute approximate surface area is 130 Å². The highest BCUT2D eigenvalue weighted by Gasteiger charge is 2.24. The summed E-state index contributed by atoms with van der Waals surface area (Å²) in [4.78, 5) is 2.28. The molecular formula is C15H21Cl2NO2. The Bertz CT molecular complexity index is 455. The second-order valence-electron chi connectivity index (χ2n) is 5.58. The number of piperidine rings is 1. The highest BCUT2D eigenvalue weighted by atomic mass is 35.5. The van der Waals surface area contributed by atoms with Crippen molar-refractivity contribution in [3.05, 3.63) is 33.8 Å². The molecule has 1 fully saturated rings. The molecule has 5 heteroatoms. The maximum absolute atomic E-state index is 10.3. The number of hydrogen-bond donors (Lipinski definition) is 2. The van der Waals surface area contributed by atoms with Crippen molar-refractivity contribution in [3.8, 4) is 0 Å². The lowest BCUT2D eigenvalue weighted by Crippen LogP contribution is -2.42. The summed E-state index contributed by atoms with van der Waals surface area (Å²) in [6, 6.07) is 5.32. The first-order valence-corrected chi connectivity index (χ1v) is 7.77. The summed E-state index contributed by atoms with van der Waals surface area (Å²) in [7, 11) is 0. The van der Waals surface area contributed by atoms with Gasteiger partial charge in [-0.05, 0) is 24.8 Å². The van der Waals surface area contributed by atoms with Crippen molar-refractivity contribution < 1.29 is 10.2 Å². The van der Waals surface area contributed by atoms with E-state index in [1.807, 2.05) is 6.07 Å². The molecule has 1 saturated heterocycles. The van der Waals surface area contributed by atoms with E-state index >= 15 is 0 Å². The minimum atomic E-state index is -0.608. The van der Waals surface area contributed by atoms with Gasteiger partial charge in [0.15, 0.2) is 0 Å². The largest absolute Gasteiger partial charge is 0.393 e. The smallest absolute Gasteiger partial charge is 0.0817 e. The van der Waals surface area contributed by atoms with E-state index < -0.39 is 6.10 Å². The van der Waals surface area contributed by atoms with Crippen molar-refractivity contribution in [1.29, 1.82) is 0 Å². The number of likely N-dealkylation sites (tertiary alicyclic amines) is 1. The number of aliphatic hydroxyl groups excluding tert-OH is 2. The molecule has 20 heavy (non-hydrogen) atoms. The molecule has 1 aliphatic rings. The van der Waals surface area contributed by atoms with Crippen LogP contribution in [0, 0.1) is 5.92 Å². The molecule has 0 saturated carbocycles. The molecule has 0 bridgehead atoms. The summed E-state index contributed by atoms with van der Waals surface area (Å²) in [6.07, 6.45) is 0.611. The number of halogens is 2. The quantitative estimate of drug-likeness (QED) is 0.896. The molecule has 2 rings (SSSR count). The zero-order valence-corrected chi connectivity index (χ0v) is 13.1. The van der Waals surface area contributed by atoms with Gasteiger partial charge >= 0.3 is 0 Å². The molecule has 1 aliphatic heterocycles. The van der Waals surface area contributed by atoms with Crippen LogP contribution in [-0.2, 0) is 0 Å². The van der Waals surface area contributed by atoms with E-state index in [2.05, 4.69) is 11.8 Å². The van der Waals surface area contributed by atoms with Gasteiger partial charge in [0, 0.05) is 25.2 Å². The van der Waals surface area contributed by atoms with Crippen LogP contribution in [0.1, 0.15) is 31.4 Å². The van der Waals surface area contributed by atoms with Crippen molar-refractivity contribution in [2.45, 2.75) is 32.0 Å². The third-order valence-electron chi connectivity index (χ3n) is 4.00. The average Bonchev–Trinajstić information content (AvgIpc) is 2.43. The molecule has 1 heterocycles. The van der Waals surface area contributed by atoms with Gasteiger partial charge in [-0.3, -0.25) is 0 Å². The fraction of sp³-hybridized carbons (Fsp3) is 0.600. The molecule has 3 unspecified atom stereocenters. The summed E-state index contributed by atoms with van der Waals surface area (Å²) >= 11 is 12.1. The van der Waals surface area contributed by atoms with Gasteiger partial charge in [-0.1, -0.05) is 42.3 Å².